The molecule has 0 aromatic carbocycles. The van der Waals surface area contributed by atoms with Gasteiger partial charge in [-0.1, -0.05) is 0 Å². The van der Waals surface area contributed by atoms with Gasteiger partial charge in [0, 0.05) is 21.2 Å². The number of nitrogens with one attached hydrogen (secondary N) is 1. The number of aromatic nitrogens is 4. The van der Waals surface area contributed by atoms with Crippen LogP contribution in [0.1, 0.15) is 6.23 Å². The first-order valence-electron chi connectivity index (χ1n) is 7.09. The van der Waals surface area contributed by atoms with E-state index in [0.29, 0.717) is 11.6 Å². The van der Waals surface area contributed by atoms with Gasteiger partial charge in [-0.15, -0.1) is 0 Å². The fourth-order valence-electron chi connectivity index (χ4n) is 2.66. The Balaban J connectivity index is 2.11. The molecule has 3 N–H and O–H groups in total. The third-order valence-corrected chi connectivity index (χ3v) is 3.88. The maximum atomic E-state index is 12.1. The van der Waals surface area contributed by atoms with Crippen molar-refractivity contribution in [3.63, 3.8) is 0 Å². The van der Waals surface area contributed by atoms with Gasteiger partial charge >= 0.3 is 0 Å². The summed E-state index contributed by atoms with van der Waals surface area (Å²) in [4.78, 5) is 24.8. The highest BCUT2D eigenvalue weighted by Crippen LogP contribution is 2.32. The molecule has 3 heterocycles. The molecule has 2 aromatic heterocycles. The van der Waals surface area contributed by atoms with Crippen LogP contribution in [0.2, 0.25) is 0 Å². The van der Waals surface area contributed by atoms with Crippen molar-refractivity contribution < 1.29 is 19.7 Å². The zero-order valence-corrected chi connectivity index (χ0v) is 13.0. The highest BCUT2D eigenvalue weighted by atomic mass is 16.6. The summed E-state index contributed by atoms with van der Waals surface area (Å²) in [5, 5.41) is 19.4. The number of methoxy groups -OCH3 is 1. The molecule has 0 spiro atoms. The number of aliphatic hydroxyl groups is 2. The van der Waals surface area contributed by atoms with Gasteiger partial charge in [-0.3, -0.25) is 14.3 Å². The molecule has 0 unspecified atom stereocenters. The minimum Gasteiger partial charge on any atom is -0.394 e. The Kier molecular flexibility index (Phi) is 4.06. The van der Waals surface area contributed by atoms with Crippen LogP contribution in [0.3, 0.4) is 0 Å². The molecule has 1 aliphatic rings. The molecule has 126 valence electrons. The standard InChI is InChI=1S/C13H19N5O5/c1-17(2)13-15-10-7(11(21)16-13)14-5-18(10)12-9(22-3)8(20)6(4-19)23-12/h5-6,8-9,12,19-20H,4H2,1-3H3,(H,15,16,21)/t6-,8-,9-,12-/m1/s1. The average Bonchev–Trinajstić information content (AvgIpc) is 3.07. The fraction of sp³-hybridized carbons (Fsp3) is 0.615. The van der Waals surface area contributed by atoms with Crippen LogP contribution in [0.25, 0.3) is 11.2 Å². The number of imidazole rings is 1. The SMILES string of the molecule is CO[C@@H]1[C@H](O)[C@@H](CO)O[C@H]1n1cnc2c(=O)[nH]c(N(C)C)nc21. The van der Waals surface area contributed by atoms with E-state index in [1.54, 1.807) is 19.0 Å². The second-order valence-electron chi connectivity index (χ2n) is 5.55. The van der Waals surface area contributed by atoms with Crippen molar-refractivity contribution in [2.75, 3.05) is 32.7 Å². The van der Waals surface area contributed by atoms with Crippen LogP contribution in [0.4, 0.5) is 5.95 Å². The molecule has 1 saturated heterocycles. The van der Waals surface area contributed by atoms with Crippen molar-refractivity contribution in [3.8, 4) is 0 Å². The number of ether oxygens (including phenoxy) is 2. The predicted octanol–water partition coefficient (Wildman–Crippen LogP) is -1.55. The van der Waals surface area contributed by atoms with E-state index in [1.165, 1.54) is 18.0 Å². The van der Waals surface area contributed by atoms with Gasteiger partial charge in [0.2, 0.25) is 5.95 Å². The lowest BCUT2D eigenvalue weighted by atomic mass is 10.1. The quantitative estimate of drug-likeness (QED) is 0.617. The van der Waals surface area contributed by atoms with E-state index >= 15 is 0 Å². The predicted molar refractivity (Wildman–Crippen MR) is 80.3 cm³/mol. The topological polar surface area (TPSA) is 126 Å². The molecule has 0 saturated carbocycles. The van der Waals surface area contributed by atoms with Crippen LogP contribution < -0.4 is 10.5 Å². The Morgan fingerprint density at radius 1 is 1.52 bits per heavy atom. The first-order chi connectivity index (χ1) is 11.0. The molecule has 0 aliphatic carbocycles. The normalized spacial score (nSPS) is 27.7. The molecule has 4 atom stereocenters. The van der Waals surface area contributed by atoms with Crippen LogP contribution in [-0.2, 0) is 9.47 Å². The number of nitrogens with zero attached hydrogens (tertiary/aromatic N) is 4. The van der Waals surface area contributed by atoms with E-state index in [-0.39, 0.29) is 17.7 Å². The first kappa shape index (κ1) is 15.9. The minimum atomic E-state index is -0.997. The number of rotatable bonds is 4. The van der Waals surface area contributed by atoms with Crippen LogP contribution >= 0.6 is 0 Å². The molecule has 1 fully saturated rings. The Labute approximate surface area is 131 Å². The maximum Gasteiger partial charge on any atom is 0.280 e. The molecular weight excluding hydrogens is 306 g/mol. The van der Waals surface area contributed by atoms with E-state index in [2.05, 4.69) is 15.0 Å². The summed E-state index contributed by atoms with van der Waals surface area (Å²) in [6, 6.07) is 0. The number of anilines is 1. The Hall–Kier alpha value is -2.01. The molecule has 0 bridgehead atoms. The first-order valence-corrected chi connectivity index (χ1v) is 7.09. The zero-order chi connectivity index (χ0) is 16.7. The average molecular weight is 325 g/mol. The smallest absolute Gasteiger partial charge is 0.280 e. The highest BCUT2D eigenvalue weighted by Gasteiger charge is 2.45. The zero-order valence-electron chi connectivity index (χ0n) is 13.0. The van der Waals surface area contributed by atoms with E-state index < -0.39 is 24.5 Å². The van der Waals surface area contributed by atoms with Crippen molar-refractivity contribution in [1.82, 2.24) is 19.5 Å². The van der Waals surface area contributed by atoms with Gasteiger partial charge in [0.15, 0.2) is 17.4 Å². The minimum absolute atomic E-state index is 0.163. The molecule has 1 aliphatic heterocycles. The van der Waals surface area contributed by atoms with Crippen molar-refractivity contribution in [3.05, 3.63) is 16.7 Å². The molecule has 0 radical (unpaired) electrons. The van der Waals surface area contributed by atoms with Gasteiger partial charge in [-0.2, -0.15) is 4.98 Å². The molecule has 10 heteroatoms. The van der Waals surface area contributed by atoms with E-state index in [9.17, 15) is 15.0 Å². The Morgan fingerprint density at radius 2 is 2.26 bits per heavy atom. The van der Waals surface area contributed by atoms with E-state index in [4.69, 9.17) is 9.47 Å². The molecule has 0 amide bonds. The van der Waals surface area contributed by atoms with Crippen molar-refractivity contribution >= 4 is 17.1 Å². The van der Waals surface area contributed by atoms with Gasteiger partial charge < -0.3 is 24.6 Å². The summed E-state index contributed by atoms with van der Waals surface area (Å²) in [6.07, 6.45) is -1.83. The van der Waals surface area contributed by atoms with Crippen molar-refractivity contribution in [1.29, 1.82) is 0 Å². The van der Waals surface area contributed by atoms with Gasteiger partial charge in [-0.05, 0) is 0 Å². The third kappa shape index (κ3) is 2.49. The second-order valence-corrected chi connectivity index (χ2v) is 5.55. The monoisotopic (exact) mass is 325 g/mol. The molecule has 3 rings (SSSR count). The molecule has 10 nitrogen and oxygen atoms in total. The van der Waals surface area contributed by atoms with Crippen LogP contribution in [-0.4, -0.2) is 75.9 Å². The summed E-state index contributed by atoms with van der Waals surface area (Å²) in [6.45, 7) is -0.346. The van der Waals surface area contributed by atoms with Gasteiger partial charge in [0.25, 0.3) is 5.56 Å². The molecular formula is C13H19N5O5. The van der Waals surface area contributed by atoms with Crippen molar-refractivity contribution in [2.45, 2.75) is 24.5 Å². The second kappa shape index (κ2) is 5.89. The summed E-state index contributed by atoms with van der Waals surface area (Å²) in [5.41, 5.74) is 0.106. The maximum absolute atomic E-state index is 12.1. The number of aromatic amines is 1. The van der Waals surface area contributed by atoms with Gasteiger partial charge in [-0.25, -0.2) is 4.98 Å². The van der Waals surface area contributed by atoms with E-state index in [1.807, 2.05) is 0 Å². The number of aliphatic hydroxyl groups excluding tert-OH is 2. The van der Waals surface area contributed by atoms with E-state index in [0.717, 1.165) is 0 Å². The van der Waals surface area contributed by atoms with Crippen LogP contribution in [0.5, 0.6) is 0 Å². The summed E-state index contributed by atoms with van der Waals surface area (Å²) in [5.74, 6) is 0.371. The Morgan fingerprint density at radius 3 is 2.87 bits per heavy atom. The molecule has 2 aromatic rings. The van der Waals surface area contributed by atoms with Gasteiger partial charge in [0.05, 0.1) is 12.9 Å². The Bertz CT molecular complexity index is 757. The lowest BCUT2D eigenvalue weighted by Crippen LogP contribution is -2.34. The summed E-state index contributed by atoms with van der Waals surface area (Å²) in [7, 11) is 4.94. The van der Waals surface area contributed by atoms with Gasteiger partial charge in [0.1, 0.15) is 18.3 Å². The number of hydrogen-bond acceptors (Lipinski definition) is 8. The largest absolute Gasteiger partial charge is 0.394 e. The number of hydrogen-bond donors (Lipinski definition) is 3. The fourth-order valence-corrected chi connectivity index (χ4v) is 2.66. The molecule has 23 heavy (non-hydrogen) atoms. The third-order valence-electron chi connectivity index (χ3n) is 3.88. The van der Waals surface area contributed by atoms with Crippen LogP contribution in [0, 0.1) is 0 Å². The number of fused-ring (bicyclic) bond motifs is 1. The van der Waals surface area contributed by atoms with Crippen LogP contribution in [0.15, 0.2) is 11.1 Å². The number of H-pyrrole nitrogens is 1. The van der Waals surface area contributed by atoms with Crippen molar-refractivity contribution in [2.24, 2.45) is 0 Å². The summed E-state index contributed by atoms with van der Waals surface area (Å²) >= 11 is 0. The summed E-state index contributed by atoms with van der Waals surface area (Å²) < 4.78 is 12.5. The lowest BCUT2D eigenvalue weighted by Gasteiger charge is -2.20. The lowest BCUT2D eigenvalue weighted by molar-refractivity contribution is -0.0583. The highest BCUT2D eigenvalue weighted by molar-refractivity contribution is 5.71.